The largest absolute Gasteiger partial charge is 0.444 e. The van der Waals surface area contributed by atoms with Crippen molar-refractivity contribution in [2.24, 2.45) is 0 Å². The van der Waals surface area contributed by atoms with E-state index in [4.69, 9.17) is 4.74 Å². The van der Waals surface area contributed by atoms with Gasteiger partial charge in [0.25, 0.3) is 0 Å². The number of aromatic nitrogens is 4. The van der Waals surface area contributed by atoms with E-state index in [0.29, 0.717) is 31.8 Å². The Bertz CT molecular complexity index is 712. The molecule has 1 amide bonds. The number of imidazole rings is 1. The molecule has 0 spiro atoms. The van der Waals surface area contributed by atoms with Crippen molar-refractivity contribution in [2.75, 3.05) is 31.1 Å². The Kier molecular flexibility index (Phi) is 3.83. The third-order valence-corrected chi connectivity index (χ3v) is 3.62. The van der Waals surface area contributed by atoms with Crippen LogP contribution in [0.25, 0.3) is 11.2 Å². The molecule has 0 bridgehead atoms. The number of ether oxygens (including phenoxy) is 1. The van der Waals surface area contributed by atoms with Crippen molar-refractivity contribution in [1.29, 1.82) is 0 Å². The number of aromatic amines is 1. The number of nitrogens with zero attached hydrogens (tertiary/aromatic N) is 5. The van der Waals surface area contributed by atoms with Crippen LogP contribution in [0, 0.1) is 6.92 Å². The van der Waals surface area contributed by atoms with Gasteiger partial charge in [-0.3, -0.25) is 0 Å². The smallest absolute Gasteiger partial charge is 0.410 e. The van der Waals surface area contributed by atoms with Crippen molar-refractivity contribution < 1.29 is 9.53 Å². The van der Waals surface area contributed by atoms with Gasteiger partial charge in [-0.2, -0.15) is 0 Å². The van der Waals surface area contributed by atoms with Crippen LogP contribution in [0.15, 0.2) is 6.33 Å². The molecule has 1 aliphatic heterocycles. The molecular formula is C15H22N6O2. The molecule has 2 aromatic heterocycles. The molecule has 1 fully saturated rings. The third-order valence-electron chi connectivity index (χ3n) is 3.62. The summed E-state index contributed by atoms with van der Waals surface area (Å²) in [7, 11) is 0. The standard InChI is InChI=1S/C15H22N6O2/c1-10-18-11-12(19-10)16-9-17-13(11)20-5-7-21(8-6-20)14(22)23-15(2,3)4/h9H,5-8H2,1-4H3,(H,16,17,18,19). The zero-order valence-electron chi connectivity index (χ0n) is 14.0. The van der Waals surface area contributed by atoms with Gasteiger partial charge in [-0.1, -0.05) is 0 Å². The number of aryl methyl sites for hydroxylation is 1. The number of amides is 1. The Balaban J connectivity index is 1.70. The zero-order valence-corrected chi connectivity index (χ0v) is 14.0. The molecule has 2 aromatic rings. The number of carbonyl (C=O) groups is 1. The zero-order chi connectivity index (χ0) is 16.6. The van der Waals surface area contributed by atoms with Gasteiger partial charge in [0.05, 0.1) is 0 Å². The maximum atomic E-state index is 12.1. The summed E-state index contributed by atoms with van der Waals surface area (Å²) in [4.78, 5) is 32.1. The van der Waals surface area contributed by atoms with Gasteiger partial charge in [-0.25, -0.2) is 19.7 Å². The number of rotatable bonds is 1. The number of hydrogen-bond donors (Lipinski definition) is 1. The summed E-state index contributed by atoms with van der Waals surface area (Å²) in [6.07, 6.45) is 1.26. The van der Waals surface area contributed by atoms with E-state index >= 15 is 0 Å². The lowest BCUT2D eigenvalue weighted by Crippen LogP contribution is -2.50. The highest BCUT2D eigenvalue weighted by Crippen LogP contribution is 2.22. The second kappa shape index (κ2) is 5.68. The van der Waals surface area contributed by atoms with Crippen LogP contribution in [0.5, 0.6) is 0 Å². The fourth-order valence-electron chi connectivity index (χ4n) is 2.60. The van der Waals surface area contributed by atoms with E-state index in [1.165, 1.54) is 6.33 Å². The van der Waals surface area contributed by atoms with Crippen molar-refractivity contribution >= 4 is 23.1 Å². The molecule has 124 valence electrons. The maximum Gasteiger partial charge on any atom is 0.410 e. The predicted molar refractivity (Wildman–Crippen MR) is 86.4 cm³/mol. The highest BCUT2D eigenvalue weighted by atomic mass is 16.6. The molecule has 0 unspecified atom stereocenters. The van der Waals surface area contributed by atoms with E-state index in [0.717, 1.165) is 17.2 Å². The van der Waals surface area contributed by atoms with Gasteiger partial charge in [-0.05, 0) is 27.7 Å². The van der Waals surface area contributed by atoms with E-state index in [-0.39, 0.29) is 6.09 Å². The van der Waals surface area contributed by atoms with Crippen LogP contribution in [0.1, 0.15) is 26.6 Å². The first-order valence-corrected chi connectivity index (χ1v) is 7.74. The van der Waals surface area contributed by atoms with Gasteiger partial charge in [0.2, 0.25) is 0 Å². The van der Waals surface area contributed by atoms with Crippen LogP contribution in [0.3, 0.4) is 0 Å². The van der Waals surface area contributed by atoms with Crippen LogP contribution in [0.2, 0.25) is 0 Å². The van der Waals surface area contributed by atoms with E-state index < -0.39 is 5.60 Å². The van der Waals surface area contributed by atoms with Gasteiger partial charge in [0.15, 0.2) is 11.5 Å². The molecule has 23 heavy (non-hydrogen) atoms. The van der Waals surface area contributed by atoms with Crippen LogP contribution in [-0.4, -0.2) is 62.7 Å². The fraction of sp³-hybridized carbons (Fsp3) is 0.600. The number of hydrogen-bond acceptors (Lipinski definition) is 6. The molecule has 1 saturated heterocycles. The van der Waals surface area contributed by atoms with Crippen molar-refractivity contribution in [2.45, 2.75) is 33.3 Å². The lowest BCUT2D eigenvalue weighted by atomic mass is 10.2. The van der Waals surface area contributed by atoms with Crippen LogP contribution in [-0.2, 0) is 4.74 Å². The quantitative estimate of drug-likeness (QED) is 0.861. The highest BCUT2D eigenvalue weighted by molar-refractivity contribution is 5.83. The molecule has 0 atom stereocenters. The van der Waals surface area contributed by atoms with E-state index in [1.807, 2.05) is 27.7 Å². The summed E-state index contributed by atoms with van der Waals surface area (Å²) in [6.45, 7) is 10.1. The lowest BCUT2D eigenvalue weighted by Gasteiger charge is -2.36. The van der Waals surface area contributed by atoms with Gasteiger partial charge < -0.3 is 19.5 Å². The molecule has 0 aromatic carbocycles. The van der Waals surface area contributed by atoms with Crippen molar-refractivity contribution in [3.8, 4) is 0 Å². The molecular weight excluding hydrogens is 296 g/mol. The SMILES string of the molecule is Cc1nc2ncnc(N3CCN(C(=O)OC(C)(C)C)CC3)c2[nH]1. The Morgan fingerprint density at radius 2 is 1.91 bits per heavy atom. The van der Waals surface area contributed by atoms with E-state index in [2.05, 4.69) is 24.8 Å². The number of fused-ring (bicyclic) bond motifs is 1. The third kappa shape index (κ3) is 3.35. The predicted octanol–water partition coefficient (Wildman–Crippen LogP) is 1.72. The summed E-state index contributed by atoms with van der Waals surface area (Å²) < 4.78 is 5.42. The van der Waals surface area contributed by atoms with Gasteiger partial charge in [0, 0.05) is 26.2 Å². The molecule has 3 rings (SSSR count). The number of anilines is 1. The second-order valence-electron chi connectivity index (χ2n) is 6.67. The summed E-state index contributed by atoms with van der Waals surface area (Å²) >= 11 is 0. The number of nitrogens with one attached hydrogen (secondary N) is 1. The molecule has 0 radical (unpaired) electrons. The summed E-state index contributed by atoms with van der Waals surface area (Å²) in [5.41, 5.74) is 1.04. The van der Waals surface area contributed by atoms with E-state index in [1.54, 1.807) is 4.90 Å². The van der Waals surface area contributed by atoms with Gasteiger partial charge in [0.1, 0.15) is 23.3 Å². The van der Waals surface area contributed by atoms with E-state index in [9.17, 15) is 4.79 Å². The second-order valence-corrected chi connectivity index (χ2v) is 6.67. The van der Waals surface area contributed by atoms with Crippen LogP contribution >= 0.6 is 0 Å². The van der Waals surface area contributed by atoms with Gasteiger partial charge >= 0.3 is 6.09 Å². The molecule has 8 heteroatoms. The first-order valence-electron chi connectivity index (χ1n) is 7.74. The minimum absolute atomic E-state index is 0.262. The topological polar surface area (TPSA) is 87.2 Å². The van der Waals surface area contributed by atoms with Crippen molar-refractivity contribution in [3.63, 3.8) is 0 Å². The normalized spacial score (nSPS) is 16.0. The molecule has 3 heterocycles. The molecule has 1 aliphatic rings. The average molecular weight is 318 g/mol. The van der Waals surface area contributed by atoms with Crippen molar-refractivity contribution in [1.82, 2.24) is 24.8 Å². The van der Waals surface area contributed by atoms with Gasteiger partial charge in [-0.15, -0.1) is 0 Å². The molecule has 1 N–H and O–H groups in total. The fourth-order valence-corrected chi connectivity index (χ4v) is 2.60. The monoisotopic (exact) mass is 318 g/mol. The number of piperazine rings is 1. The maximum absolute atomic E-state index is 12.1. The Hall–Kier alpha value is -2.38. The first kappa shape index (κ1) is 15.5. The Morgan fingerprint density at radius 3 is 2.57 bits per heavy atom. The first-order chi connectivity index (χ1) is 10.8. The summed E-state index contributed by atoms with van der Waals surface area (Å²) in [6, 6.07) is 0. The van der Waals surface area contributed by atoms with Crippen LogP contribution in [0.4, 0.5) is 10.6 Å². The minimum atomic E-state index is -0.472. The molecule has 8 nitrogen and oxygen atoms in total. The average Bonchev–Trinajstić information content (AvgIpc) is 2.85. The highest BCUT2D eigenvalue weighted by Gasteiger charge is 2.27. The van der Waals surface area contributed by atoms with Crippen molar-refractivity contribution in [3.05, 3.63) is 12.2 Å². The summed E-state index contributed by atoms with van der Waals surface area (Å²) in [5.74, 6) is 1.65. The number of H-pyrrole nitrogens is 1. The molecule has 0 aliphatic carbocycles. The Labute approximate surface area is 134 Å². The van der Waals surface area contributed by atoms with Crippen LogP contribution < -0.4 is 4.90 Å². The Morgan fingerprint density at radius 1 is 1.22 bits per heavy atom. The summed E-state index contributed by atoms with van der Waals surface area (Å²) in [5, 5.41) is 0. The number of carbonyl (C=O) groups excluding carboxylic acids is 1. The minimum Gasteiger partial charge on any atom is -0.444 e. The lowest BCUT2D eigenvalue weighted by molar-refractivity contribution is 0.0240. The molecule has 0 saturated carbocycles.